The van der Waals surface area contributed by atoms with Gasteiger partial charge in [0, 0.05) is 13.2 Å². The summed E-state index contributed by atoms with van der Waals surface area (Å²) in [6.07, 6.45) is 11.0. The van der Waals surface area contributed by atoms with Crippen molar-refractivity contribution >= 4 is 0 Å². The van der Waals surface area contributed by atoms with E-state index in [1.165, 1.54) is 44.9 Å². The zero-order chi connectivity index (χ0) is 15.2. The predicted molar refractivity (Wildman–Crippen MR) is 88.5 cm³/mol. The molecule has 0 aliphatic rings. The minimum Gasteiger partial charge on any atom is -0.494 e. The third-order valence-electron chi connectivity index (χ3n) is 3.73. The molecule has 0 atom stereocenters. The number of ether oxygens (including phenoxy) is 1. The Hall–Kier alpha value is -1.06. The van der Waals surface area contributed by atoms with Gasteiger partial charge in [-0.1, -0.05) is 57.1 Å². The molecular weight excluding hydrogens is 262 g/mol. The van der Waals surface area contributed by atoms with Crippen LogP contribution in [-0.4, -0.2) is 18.3 Å². The van der Waals surface area contributed by atoms with E-state index in [0.717, 1.165) is 30.8 Å². The number of aliphatic hydroxyl groups is 1. The average molecular weight is 293 g/mol. The highest BCUT2D eigenvalue weighted by atomic mass is 16.5. The highest BCUT2D eigenvalue weighted by Gasteiger charge is 1.96. The van der Waals surface area contributed by atoms with Crippen LogP contribution in [0.25, 0.3) is 0 Å². The number of unbranched alkanes of at least 4 members (excludes halogenated alkanes) is 8. The van der Waals surface area contributed by atoms with E-state index in [2.05, 4.69) is 0 Å². The molecule has 0 saturated heterocycles. The summed E-state index contributed by atoms with van der Waals surface area (Å²) < 4.78 is 5.71. The molecule has 3 nitrogen and oxygen atoms in total. The van der Waals surface area contributed by atoms with Gasteiger partial charge >= 0.3 is 0 Å². The lowest BCUT2D eigenvalue weighted by Crippen LogP contribution is -1.99. The molecule has 0 aromatic heterocycles. The Morgan fingerprint density at radius 1 is 0.762 bits per heavy atom. The van der Waals surface area contributed by atoms with Gasteiger partial charge in [0.1, 0.15) is 5.75 Å². The molecule has 0 unspecified atom stereocenters. The number of hydrogen-bond donors (Lipinski definition) is 2. The van der Waals surface area contributed by atoms with Gasteiger partial charge in [0.2, 0.25) is 0 Å². The summed E-state index contributed by atoms with van der Waals surface area (Å²) in [7, 11) is 0. The van der Waals surface area contributed by atoms with E-state index >= 15 is 0 Å². The Kier molecular flexibility index (Phi) is 10.8. The van der Waals surface area contributed by atoms with Crippen molar-refractivity contribution in [2.24, 2.45) is 5.73 Å². The Labute approximate surface area is 129 Å². The first kappa shape index (κ1) is 18.0. The molecule has 0 heterocycles. The SMILES string of the molecule is NCc1ccc(OCCCCCCCCCCCO)cc1. The number of nitrogens with two attached hydrogens (primary N) is 1. The van der Waals surface area contributed by atoms with Crippen LogP contribution in [0.4, 0.5) is 0 Å². The van der Waals surface area contributed by atoms with E-state index in [-0.39, 0.29) is 0 Å². The van der Waals surface area contributed by atoms with Gasteiger partial charge in [-0.05, 0) is 30.5 Å². The molecule has 1 aromatic rings. The lowest BCUT2D eigenvalue weighted by Gasteiger charge is -2.07. The van der Waals surface area contributed by atoms with Gasteiger partial charge in [0.15, 0.2) is 0 Å². The van der Waals surface area contributed by atoms with E-state index in [0.29, 0.717) is 13.2 Å². The van der Waals surface area contributed by atoms with Crippen molar-refractivity contribution in [3.05, 3.63) is 29.8 Å². The van der Waals surface area contributed by atoms with Crippen LogP contribution >= 0.6 is 0 Å². The third-order valence-corrected chi connectivity index (χ3v) is 3.73. The third kappa shape index (κ3) is 9.48. The van der Waals surface area contributed by atoms with Crippen LogP contribution in [0, 0.1) is 0 Å². The van der Waals surface area contributed by atoms with Crippen LogP contribution in [0.15, 0.2) is 24.3 Å². The Morgan fingerprint density at radius 3 is 1.81 bits per heavy atom. The molecule has 0 aliphatic carbocycles. The number of rotatable bonds is 13. The van der Waals surface area contributed by atoms with Crippen molar-refractivity contribution < 1.29 is 9.84 Å². The van der Waals surface area contributed by atoms with Crippen molar-refractivity contribution in [3.63, 3.8) is 0 Å². The maximum atomic E-state index is 8.68. The minimum absolute atomic E-state index is 0.342. The molecule has 0 amide bonds. The van der Waals surface area contributed by atoms with Crippen molar-refractivity contribution in [1.82, 2.24) is 0 Å². The molecule has 3 N–H and O–H groups in total. The number of benzene rings is 1. The monoisotopic (exact) mass is 293 g/mol. The lowest BCUT2D eigenvalue weighted by atomic mass is 10.1. The van der Waals surface area contributed by atoms with Gasteiger partial charge in [0.25, 0.3) is 0 Å². The van der Waals surface area contributed by atoms with Crippen LogP contribution < -0.4 is 10.5 Å². The lowest BCUT2D eigenvalue weighted by molar-refractivity contribution is 0.282. The second kappa shape index (κ2) is 12.7. The summed E-state index contributed by atoms with van der Waals surface area (Å²) >= 11 is 0. The molecule has 21 heavy (non-hydrogen) atoms. The molecule has 0 aliphatic heterocycles. The average Bonchev–Trinajstić information content (AvgIpc) is 2.53. The van der Waals surface area contributed by atoms with Gasteiger partial charge < -0.3 is 15.6 Å². The fraction of sp³-hybridized carbons (Fsp3) is 0.667. The molecule has 1 rings (SSSR count). The first-order chi connectivity index (χ1) is 10.4. The fourth-order valence-electron chi connectivity index (χ4n) is 2.36. The van der Waals surface area contributed by atoms with Crippen LogP contribution in [0.2, 0.25) is 0 Å². The molecule has 120 valence electrons. The number of hydrogen-bond acceptors (Lipinski definition) is 3. The van der Waals surface area contributed by atoms with E-state index in [1.54, 1.807) is 0 Å². The smallest absolute Gasteiger partial charge is 0.119 e. The Balaban J connectivity index is 1.88. The summed E-state index contributed by atoms with van der Waals surface area (Å²) in [6.45, 7) is 1.73. The van der Waals surface area contributed by atoms with Crippen molar-refractivity contribution in [1.29, 1.82) is 0 Å². The zero-order valence-electron chi connectivity index (χ0n) is 13.2. The van der Waals surface area contributed by atoms with E-state index in [9.17, 15) is 0 Å². The van der Waals surface area contributed by atoms with E-state index in [4.69, 9.17) is 15.6 Å². The first-order valence-electron chi connectivity index (χ1n) is 8.39. The topological polar surface area (TPSA) is 55.5 Å². The maximum absolute atomic E-state index is 8.68. The van der Waals surface area contributed by atoms with Gasteiger partial charge in [0.05, 0.1) is 6.61 Å². The molecule has 0 spiro atoms. The molecule has 1 aromatic carbocycles. The standard InChI is InChI=1S/C18H31NO2/c19-16-17-10-12-18(13-11-17)21-15-9-7-5-3-1-2-4-6-8-14-20/h10-13,20H,1-9,14-16,19H2. The highest BCUT2D eigenvalue weighted by molar-refractivity contribution is 5.26. The summed E-state index contributed by atoms with van der Waals surface area (Å²) in [5, 5.41) is 8.68. The summed E-state index contributed by atoms with van der Waals surface area (Å²) in [5.74, 6) is 0.941. The van der Waals surface area contributed by atoms with Crippen molar-refractivity contribution in [3.8, 4) is 5.75 Å². The summed E-state index contributed by atoms with van der Waals surface area (Å²) in [4.78, 5) is 0. The van der Waals surface area contributed by atoms with Crippen LogP contribution in [0.1, 0.15) is 63.4 Å². The number of aliphatic hydroxyl groups excluding tert-OH is 1. The van der Waals surface area contributed by atoms with Crippen LogP contribution in [0.5, 0.6) is 5.75 Å². The Bertz CT molecular complexity index is 338. The second-order valence-electron chi connectivity index (χ2n) is 5.60. The molecule has 0 radical (unpaired) electrons. The van der Waals surface area contributed by atoms with Gasteiger partial charge in [-0.2, -0.15) is 0 Å². The molecular formula is C18H31NO2. The van der Waals surface area contributed by atoms with E-state index < -0.39 is 0 Å². The fourth-order valence-corrected chi connectivity index (χ4v) is 2.36. The van der Waals surface area contributed by atoms with Gasteiger partial charge in [-0.25, -0.2) is 0 Å². The zero-order valence-corrected chi connectivity index (χ0v) is 13.2. The van der Waals surface area contributed by atoms with Crippen molar-refractivity contribution in [2.75, 3.05) is 13.2 Å². The highest BCUT2D eigenvalue weighted by Crippen LogP contribution is 2.13. The minimum atomic E-state index is 0.342. The maximum Gasteiger partial charge on any atom is 0.119 e. The molecule has 0 saturated carbocycles. The second-order valence-corrected chi connectivity index (χ2v) is 5.60. The molecule has 0 fully saturated rings. The van der Waals surface area contributed by atoms with E-state index in [1.807, 2.05) is 24.3 Å². The summed E-state index contributed by atoms with van der Waals surface area (Å²) in [6, 6.07) is 8.03. The Morgan fingerprint density at radius 2 is 1.29 bits per heavy atom. The van der Waals surface area contributed by atoms with Crippen LogP contribution in [-0.2, 0) is 6.54 Å². The molecule has 0 bridgehead atoms. The first-order valence-corrected chi connectivity index (χ1v) is 8.39. The quantitative estimate of drug-likeness (QED) is 0.540. The van der Waals surface area contributed by atoms with Gasteiger partial charge in [-0.3, -0.25) is 0 Å². The predicted octanol–water partition coefficient (Wildman–Crippen LogP) is 4.03. The molecule has 3 heteroatoms. The normalized spacial score (nSPS) is 10.8. The van der Waals surface area contributed by atoms with Crippen LogP contribution in [0.3, 0.4) is 0 Å². The largest absolute Gasteiger partial charge is 0.494 e. The van der Waals surface area contributed by atoms with Gasteiger partial charge in [-0.15, -0.1) is 0 Å². The summed E-state index contributed by atoms with van der Waals surface area (Å²) in [5.41, 5.74) is 6.70. The van der Waals surface area contributed by atoms with Crippen molar-refractivity contribution in [2.45, 2.75) is 64.3 Å².